The van der Waals surface area contributed by atoms with Crippen LogP contribution in [-0.2, 0) is 30.8 Å². The number of aryl methyl sites for hydroxylation is 2. The molecular weight excluding hydrogens is 464 g/mol. The van der Waals surface area contributed by atoms with Gasteiger partial charge in [-0.25, -0.2) is 9.59 Å². The number of hydrogen-bond acceptors (Lipinski definition) is 6. The lowest BCUT2D eigenvalue weighted by Gasteiger charge is -2.40. The maximum absolute atomic E-state index is 14.4. The first-order valence-electron chi connectivity index (χ1n) is 12.1. The highest BCUT2D eigenvalue weighted by atomic mass is 32.2. The largest absolute Gasteiger partial charge is 0.465 e. The summed E-state index contributed by atoms with van der Waals surface area (Å²) in [5.41, 5.74) is 7.49. The first-order valence-corrected chi connectivity index (χ1v) is 13.6. The number of sulfonamides is 1. The Morgan fingerprint density at radius 1 is 1.00 bits per heavy atom. The highest BCUT2D eigenvalue weighted by Crippen LogP contribution is 2.34. The number of rotatable bonds is 13. The maximum atomic E-state index is 14.4. The van der Waals surface area contributed by atoms with Crippen LogP contribution in [0.1, 0.15) is 50.7 Å². The van der Waals surface area contributed by atoms with Crippen LogP contribution in [0.2, 0.25) is 0 Å². The molecule has 192 valence electrons. The second kappa shape index (κ2) is 13.0. The van der Waals surface area contributed by atoms with E-state index in [0.717, 1.165) is 11.1 Å². The molecule has 0 aliphatic rings. The first-order chi connectivity index (χ1) is 16.6. The van der Waals surface area contributed by atoms with Gasteiger partial charge in [-0.1, -0.05) is 61.9 Å². The number of esters is 1. The summed E-state index contributed by atoms with van der Waals surface area (Å²) >= 11 is 0. The predicted molar refractivity (Wildman–Crippen MR) is 137 cm³/mol. The van der Waals surface area contributed by atoms with Crippen molar-refractivity contribution in [3.63, 3.8) is 0 Å². The number of hydrogen-bond donors (Lipinski definition) is 1. The van der Waals surface area contributed by atoms with Crippen molar-refractivity contribution >= 4 is 21.9 Å². The van der Waals surface area contributed by atoms with Crippen molar-refractivity contribution in [2.45, 2.75) is 63.8 Å². The molecule has 0 spiro atoms. The molecule has 2 N–H and O–H groups in total. The number of nitrogens with zero attached hydrogens (tertiary/aromatic N) is 1. The average Bonchev–Trinajstić information content (AvgIpc) is 2.84. The van der Waals surface area contributed by atoms with Crippen LogP contribution in [0.25, 0.3) is 0 Å². The minimum atomic E-state index is -4.31. The Morgan fingerprint density at radius 2 is 1.63 bits per heavy atom. The molecule has 0 aromatic heterocycles. The van der Waals surface area contributed by atoms with Crippen molar-refractivity contribution in [3.05, 3.63) is 65.7 Å². The van der Waals surface area contributed by atoms with Crippen LogP contribution in [0.4, 0.5) is 0 Å². The molecule has 0 saturated carbocycles. The smallest absolute Gasteiger partial charge is 0.366 e. The number of benzene rings is 2. The fourth-order valence-electron chi connectivity index (χ4n) is 4.44. The van der Waals surface area contributed by atoms with Crippen LogP contribution in [0.15, 0.2) is 59.5 Å². The van der Waals surface area contributed by atoms with Crippen LogP contribution in [0.5, 0.6) is 0 Å². The second-order valence-corrected chi connectivity index (χ2v) is 11.4. The monoisotopic (exact) mass is 503 g/mol. The molecule has 2 aromatic carbocycles. The number of ether oxygens (including phenoxy) is 1. The zero-order chi connectivity index (χ0) is 26.1. The molecule has 1 unspecified atom stereocenters. The molecule has 0 fully saturated rings. The Labute approximate surface area is 209 Å². The van der Waals surface area contributed by atoms with Crippen molar-refractivity contribution in [2.24, 2.45) is 11.7 Å². The van der Waals surface area contributed by atoms with Gasteiger partial charge in [-0.05, 0) is 50.4 Å². The van der Waals surface area contributed by atoms with E-state index in [9.17, 15) is 18.0 Å². The van der Waals surface area contributed by atoms with E-state index in [0.29, 0.717) is 25.8 Å². The van der Waals surface area contributed by atoms with Crippen molar-refractivity contribution in [1.29, 1.82) is 0 Å². The Morgan fingerprint density at radius 3 is 2.17 bits per heavy atom. The van der Waals surface area contributed by atoms with Gasteiger partial charge in [0.1, 0.15) is 11.4 Å². The molecule has 2 rings (SSSR count). The zero-order valence-electron chi connectivity index (χ0n) is 21.3. The van der Waals surface area contributed by atoms with Crippen molar-refractivity contribution in [1.82, 2.24) is 0 Å². The molecule has 35 heavy (non-hydrogen) atoms. The van der Waals surface area contributed by atoms with Gasteiger partial charge in [0.25, 0.3) is 0 Å². The van der Waals surface area contributed by atoms with E-state index in [-0.39, 0.29) is 30.2 Å². The quantitative estimate of drug-likeness (QED) is 0.252. The van der Waals surface area contributed by atoms with Gasteiger partial charge in [0.2, 0.25) is 6.04 Å². The van der Waals surface area contributed by atoms with Gasteiger partial charge in [0, 0.05) is 12.3 Å². The normalized spacial score (nSPS) is 14.3. The van der Waals surface area contributed by atoms with Crippen LogP contribution in [-0.4, -0.2) is 50.4 Å². The van der Waals surface area contributed by atoms with Gasteiger partial charge >= 0.3 is 21.9 Å². The molecule has 7 nitrogen and oxygen atoms in total. The number of methoxy groups -OCH3 is 1. The Hall–Kier alpha value is -2.55. The number of carbonyl (C=O) groups is 2. The summed E-state index contributed by atoms with van der Waals surface area (Å²) in [5.74, 6) is -1.39. The summed E-state index contributed by atoms with van der Waals surface area (Å²) in [6.07, 6.45) is 1.64. The van der Waals surface area contributed by atoms with Crippen molar-refractivity contribution in [3.8, 4) is 0 Å². The van der Waals surface area contributed by atoms with E-state index in [1.807, 2.05) is 51.1 Å². The zero-order valence-corrected chi connectivity index (χ0v) is 22.1. The Bertz CT molecular complexity index is 1070. The number of nitrogens with two attached hydrogens (primary N) is 1. The van der Waals surface area contributed by atoms with Gasteiger partial charge in [0.05, 0.1) is 13.5 Å². The number of quaternary nitrogens is 1. The minimum absolute atomic E-state index is 0.0181. The fourth-order valence-corrected chi connectivity index (χ4v) is 6.68. The third-order valence-electron chi connectivity index (χ3n) is 6.19. The third-order valence-corrected chi connectivity index (χ3v) is 8.52. The molecule has 2 aromatic rings. The second-order valence-electron chi connectivity index (χ2n) is 9.36. The first kappa shape index (κ1) is 28.7. The summed E-state index contributed by atoms with van der Waals surface area (Å²) in [7, 11) is -3.08. The highest BCUT2D eigenvalue weighted by Gasteiger charge is 2.58. The lowest BCUT2D eigenvalue weighted by molar-refractivity contribution is -0.753. The molecule has 0 aliphatic heterocycles. The summed E-state index contributed by atoms with van der Waals surface area (Å²) in [5, 5.41) is 0. The maximum Gasteiger partial charge on any atom is 0.366 e. The lowest BCUT2D eigenvalue weighted by Crippen LogP contribution is -2.66. The van der Waals surface area contributed by atoms with Gasteiger partial charge in [-0.3, -0.25) is 0 Å². The van der Waals surface area contributed by atoms with Crippen LogP contribution >= 0.6 is 0 Å². The van der Waals surface area contributed by atoms with Crippen molar-refractivity contribution < 1.29 is 26.6 Å². The molecule has 0 aliphatic carbocycles. The highest BCUT2D eigenvalue weighted by molar-refractivity contribution is 7.86. The van der Waals surface area contributed by atoms with Gasteiger partial charge in [-0.15, -0.1) is 3.89 Å². The van der Waals surface area contributed by atoms with E-state index >= 15 is 0 Å². The number of carbonyl (C=O) groups excluding carboxylic acids is 2. The average molecular weight is 504 g/mol. The third kappa shape index (κ3) is 6.78. The van der Waals surface area contributed by atoms with E-state index in [4.69, 9.17) is 10.5 Å². The van der Waals surface area contributed by atoms with E-state index in [1.165, 1.54) is 19.2 Å². The Balaban J connectivity index is 2.71. The molecule has 2 atom stereocenters. The van der Waals surface area contributed by atoms with Gasteiger partial charge in [-0.2, -0.15) is 8.42 Å². The summed E-state index contributed by atoms with van der Waals surface area (Å²) < 4.78 is 32.8. The molecule has 8 heteroatoms. The standard InChI is InChI=1S/C27H39N2O5S/c1-21(2)20-29(25(27(31)34-4)12-8-9-19-28,26(30)18-15-23-10-6-5-7-11-23)35(32,33)24-16-13-22(3)14-17-24/h5-7,10-11,13-14,16-17,21,25H,8-9,12,15,18-20,28H2,1-4H3/q+1/t25-,29?/m0/s1. The summed E-state index contributed by atoms with van der Waals surface area (Å²) in [6.45, 7) is 5.95. The van der Waals surface area contributed by atoms with Gasteiger partial charge < -0.3 is 10.5 Å². The van der Waals surface area contributed by atoms with E-state index < -0.39 is 31.8 Å². The molecule has 0 heterocycles. The minimum Gasteiger partial charge on any atom is -0.465 e. The molecule has 0 saturated heterocycles. The molecule has 1 amide bonds. The predicted octanol–water partition coefficient (Wildman–Crippen LogP) is 3.99. The topological polar surface area (TPSA) is 104 Å². The van der Waals surface area contributed by atoms with E-state index in [2.05, 4.69) is 0 Å². The SMILES string of the molecule is COC(=O)[C@H](CCCCN)[N+](CC(C)C)(C(=O)CCc1ccccc1)S(=O)(=O)c1ccc(C)cc1. The number of amides is 1. The van der Waals surface area contributed by atoms with Crippen molar-refractivity contribution in [2.75, 3.05) is 20.2 Å². The molecule has 0 bridgehead atoms. The van der Waals surface area contributed by atoms with Crippen LogP contribution < -0.4 is 5.73 Å². The molecular formula is C27H39N2O5S+. The lowest BCUT2D eigenvalue weighted by atomic mass is 10.0. The van der Waals surface area contributed by atoms with Crippen LogP contribution in [0, 0.1) is 12.8 Å². The Kier molecular flexibility index (Phi) is 10.6. The number of unbranched alkanes of at least 4 members (excludes halogenated alkanes) is 1. The van der Waals surface area contributed by atoms with Crippen LogP contribution in [0.3, 0.4) is 0 Å². The summed E-state index contributed by atoms with van der Waals surface area (Å²) in [6, 6.07) is 14.7. The van der Waals surface area contributed by atoms with E-state index in [1.54, 1.807) is 12.1 Å². The van der Waals surface area contributed by atoms with Gasteiger partial charge in [0.15, 0.2) is 0 Å². The summed E-state index contributed by atoms with van der Waals surface area (Å²) in [4.78, 5) is 27.3. The fraction of sp³-hybridized carbons (Fsp3) is 0.481. The molecule has 0 radical (unpaired) electrons.